The number of nitrogens with zero attached hydrogens (tertiary/aromatic N) is 1. The van der Waals surface area contributed by atoms with Crippen molar-refractivity contribution in [3.05, 3.63) is 34.9 Å². The van der Waals surface area contributed by atoms with Crippen LogP contribution in [0.2, 0.25) is 0 Å². The Morgan fingerprint density at radius 1 is 1.08 bits per heavy atom. The first kappa shape index (κ1) is 22.7. The fraction of sp³-hybridized carbons (Fsp3) is 0.556. The predicted octanol–water partition coefficient (Wildman–Crippen LogP) is 4.61. The summed E-state index contributed by atoms with van der Waals surface area (Å²) < 4.78 is 62.0. The Morgan fingerprint density at radius 2 is 1.69 bits per heavy atom. The van der Waals surface area contributed by atoms with Crippen LogP contribution < -0.4 is 5.32 Å². The van der Waals surface area contributed by atoms with Gasteiger partial charge in [-0.2, -0.15) is 0 Å². The molecule has 0 saturated carbocycles. The molecule has 1 atom stereocenters. The van der Waals surface area contributed by atoms with Gasteiger partial charge in [0.2, 0.25) is 0 Å². The smallest absolute Gasteiger partial charge is 0.185 e. The number of hydrogen-bond acceptors (Lipinski definition) is 3. The Kier molecular flexibility index (Phi) is 9.39. The summed E-state index contributed by atoms with van der Waals surface area (Å²) in [5.74, 6) is -5.63. The van der Waals surface area contributed by atoms with E-state index in [2.05, 4.69) is 5.32 Å². The first-order valence-corrected chi connectivity index (χ1v) is 8.59. The van der Waals surface area contributed by atoms with E-state index in [1.165, 1.54) is 6.08 Å². The van der Waals surface area contributed by atoms with Crippen LogP contribution in [0.1, 0.15) is 32.3 Å². The fourth-order valence-electron chi connectivity index (χ4n) is 2.77. The SMILES string of the molecule is CCN(CC)C/C=C/c1c(F)c(F)c(NCC2CCCO2)c(F)c1F.Cl. The fourth-order valence-corrected chi connectivity index (χ4v) is 2.77. The van der Waals surface area contributed by atoms with Crippen molar-refractivity contribution in [2.45, 2.75) is 32.8 Å². The van der Waals surface area contributed by atoms with Crippen molar-refractivity contribution in [3.63, 3.8) is 0 Å². The van der Waals surface area contributed by atoms with E-state index in [1.54, 1.807) is 0 Å². The molecule has 0 spiro atoms. The Labute approximate surface area is 157 Å². The van der Waals surface area contributed by atoms with Crippen LogP contribution in [0.3, 0.4) is 0 Å². The van der Waals surface area contributed by atoms with Gasteiger partial charge in [0, 0.05) is 19.7 Å². The number of ether oxygens (including phenoxy) is 1. The van der Waals surface area contributed by atoms with E-state index in [-0.39, 0.29) is 25.1 Å². The molecule has 0 bridgehead atoms. The van der Waals surface area contributed by atoms with Crippen LogP contribution in [-0.4, -0.2) is 43.8 Å². The molecule has 1 aromatic carbocycles. The van der Waals surface area contributed by atoms with Gasteiger partial charge in [0.15, 0.2) is 23.3 Å². The lowest BCUT2D eigenvalue weighted by Gasteiger charge is -2.16. The number of hydrogen-bond donors (Lipinski definition) is 1. The monoisotopic (exact) mass is 396 g/mol. The number of anilines is 1. The molecule has 2 rings (SSSR count). The van der Waals surface area contributed by atoms with E-state index in [0.29, 0.717) is 13.2 Å². The second-order valence-corrected chi connectivity index (χ2v) is 5.95. The summed E-state index contributed by atoms with van der Waals surface area (Å²) in [6.07, 6.45) is 3.97. The highest BCUT2D eigenvalue weighted by atomic mass is 35.5. The minimum absolute atomic E-state index is 0. The van der Waals surface area contributed by atoms with Crippen molar-refractivity contribution in [1.29, 1.82) is 0 Å². The van der Waals surface area contributed by atoms with Crippen LogP contribution in [-0.2, 0) is 4.74 Å². The van der Waals surface area contributed by atoms with Gasteiger partial charge in [0.1, 0.15) is 5.69 Å². The van der Waals surface area contributed by atoms with E-state index < -0.39 is 34.5 Å². The topological polar surface area (TPSA) is 24.5 Å². The first-order valence-electron chi connectivity index (χ1n) is 8.59. The van der Waals surface area contributed by atoms with Gasteiger partial charge in [0.05, 0.1) is 11.7 Å². The maximum Gasteiger partial charge on any atom is 0.185 e. The standard InChI is InChI=1S/C18H24F4N2O.ClH/c1-3-24(4-2)9-5-8-13-14(19)16(21)18(17(22)15(13)20)23-11-12-7-6-10-25-12;/h5,8,12,23H,3-4,6-7,9-11H2,1-2H3;1H/b8-5+;. The van der Waals surface area contributed by atoms with E-state index in [0.717, 1.165) is 32.0 Å². The normalized spacial score (nSPS) is 17.1. The minimum Gasteiger partial charge on any atom is -0.378 e. The third-order valence-electron chi connectivity index (χ3n) is 4.37. The number of nitrogens with one attached hydrogen (secondary N) is 1. The van der Waals surface area contributed by atoms with Gasteiger partial charge in [-0.3, -0.25) is 0 Å². The van der Waals surface area contributed by atoms with Crippen molar-refractivity contribution in [1.82, 2.24) is 4.90 Å². The molecule has 1 heterocycles. The minimum atomic E-state index is -1.42. The molecule has 1 unspecified atom stereocenters. The molecule has 1 N–H and O–H groups in total. The van der Waals surface area contributed by atoms with Crippen LogP contribution in [0, 0.1) is 23.3 Å². The molecule has 0 amide bonds. The van der Waals surface area contributed by atoms with Gasteiger partial charge in [-0.05, 0) is 25.9 Å². The average molecular weight is 397 g/mol. The summed E-state index contributed by atoms with van der Waals surface area (Å²) in [6, 6.07) is 0. The number of likely N-dealkylation sites (N-methyl/N-ethyl adjacent to an activating group) is 1. The zero-order chi connectivity index (χ0) is 18.4. The second kappa shape index (κ2) is 10.7. The van der Waals surface area contributed by atoms with Crippen LogP contribution in [0.25, 0.3) is 6.08 Å². The molecule has 1 aromatic rings. The van der Waals surface area contributed by atoms with Crippen molar-refractivity contribution in [2.75, 3.05) is 38.1 Å². The Hall–Kier alpha value is -1.31. The van der Waals surface area contributed by atoms with E-state index in [4.69, 9.17) is 4.74 Å². The van der Waals surface area contributed by atoms with Crippen LogP contribution in [0.4, 0.5) is 23.2 Å². The predicted molar refractivity (Wildman–Crippen MR) is 97.8 cm³/mol. The molecule has 1 aliphatic heterocycles. The van der Waals surface area contributed by atoms with Crippen LogP contribution in [0.5, 0.6) is 0 Å². The Balaban J connectivity index is 0.00000338. The average Bonchev–Trinajstić information content (AvgIpc) is 3.13. The largest absolute Gasteiger partial charge is 0.378 e. The summed E-state index contributed by atoms with van der Waals surface area (Å²) in [5.41, 5.74) is -1.49. The Bertz CT molecular complexity index is 589. The van der Waals surface area contributed by atoms with Crippen molar-refractivity contribution in [3.8, 4) is 0 Å². The third kappa shape index (κ3) is 5.34. The molecule has 0 radical (unpaired) electrons. The first-order chi connectivity index (χ1) is 12.0. The van der Waals surface area contributed by atoms with E-state index in [1.807, 2.05) is 18.7 Å². The highest BCUT2D eigenvalue weighted by molar-refractivity contribution is 5.85. The lowest BCUT2D eigenvalue weighted by Crippen LogP contribution is -2.22. The highest BCUT2D eigenvalue weighted by Crippen LogP contribution is 2.29. The molecule has 1 aliphatic rings. The van der Waals surface area contributed by atoms with Gasteiger partial charge in [-0.15, -0.1) is 12.4 Å². The molecule has 0 aromatic heterocycles. The maximum absolute atomic E-state index is 14.2. The Morgan fingerprint density at radius 3 is 2.19 bits per heavy atom. The van der Waals surface area contributed by atoms with Crippen LogP contribution in [0.15, 0.2) is 6.08 Å². The van der Waals surface area contributed by atoms with E-state index in [9.17, 15) is 17.6 Å². The van der Waals surface area contributed by atoms with Crippen molar-refractivity contribution in [2.24, 2.45) is 0 Å². The summed E-state index contributed by atoms with van der Waals surface area (Å²) in [4.78, 5) is 2.00. The zero-order valence-electron chi connectivity index (χ0n) is 15.0. The summed E-state index contributed by atoms with van der Waals surface area (Å²) in [5, 5.41) is 2.44. The van der Waals surface area contributed by atoms with Crippen LogP contribution >= 0.6 is 12.4 Å². The van der Waals surface area contributed by atoms with E-state index >= 15 is 0 Å². The van der Waals surface area contributed by atoms with Gasteiger partial charge in [0.25, 0.3) is 0 Å². The molecule has 3 nitrogen and oxygen atoms in total. The molecule has 26 heavy (non-hydrogen) atoms. The molecule has 8 heteroatoms. The molecule has 1 saturated heterocycles. The van der Waals surface area contributed by atoms with Gasteiger partial charge >= 0.3 is 0 Å². The lowest BCUT2D eigenvalue weighted by atomic mass is 10.1. The van der Waals surface area contributed by atoms with Gasteiger partial charge in [-0.25, -0.2) is 17.6 Å². The molecule has 1 fully saturated rings. The third-order valence-corrected chi connectivity index (χ3v) is 4.37. The van der Waals surface area contributed by atoms with Gasteiger partial charge in [-0.1, -0.05) is 26.0 Å². The number of rotatable bonds is 8. The second-order valence-electron chi connectivity index (χ2n) is 5.95. The quantitative estimate of drug-likeness (QED) is 0.513. The summed E-state index contributed by atoms with van der Waals surface area (Å²) in [7, 11) is 0. The number of benzene rings is 1. The summed E-state index contributed by atoms with van der Waals surface area (Å²) in [6.45, 7) is 6.55. The molecule has 148 valence electrons. The molecule has 0 aliphatic carbocycles. The molecular weight excluding hydrogens is 372 g/mol. The van der Waals surface area contributed by atoms with Crippen molar-refractivity contribution < 1.29 is 22.3 Å². The zero-order valence-corrected chi connectivity index (χ0v) is 15.8. The number of halogens is 5. The maximum atomic E-state index is 14.2. The lowest BCUT2D eigenvalue weighted by molar-refractivity contribution is 0.120. The van der Waals surface area contributed by atoms with Crippen molar-refractivity contribution >= 4 is 24.2 Å². The highest BCUT2D eigenvalue weighted by Gasteiger charge is 2.25. The van der Waals surface area contributed by atoms with Gasteiger partial charge < -0.3 is 15.0 Å². The summed E-state index contributed by atoms with van der Waals surface area (Å²) >= 11 is 0. The molecular formula is C18H25ClF4N2O.